The Kier molecular flexibility index (Phi) is 13.2. The molecule has 0 spiro atoms. The fourth-order valence-corrected chi connectivity index (χ4v) is 2.84. The van der Waals surface area contributed by atoms with Crippen molar-refractivity contribution in [2.45, 2.75) is 94.9 Å². The Morgan fingerprint density at radius 1 is 0.864 bits per heavy atom. The van der Waals surface area contributed by atoms with Crippen molar-refractivity contribution in [2.75, 3.05) is 13.1 Å². The highest BCUT2D eigenvalue weighted by molar-refractivity contribution is 5.17. The lowest BCUT2D eigenvalue weighted by Gasteiger charge is -2.26. The van der Waals surface area contributed by atoms with Crippen molar-refractivity contribution in [2.24, 2.45) is 16.7 Å². The lowest BCUT2D eigenvalue weighted by atomic mass is 9.80. The van der Waals surface area contributed by atoms with Gasteiger partial charge in [0.25, 0.3) is 0 Å². The molecule has 134 valence electrons. The molecule has 1 fully saturated rings. The molecule has 2 aliphatic rings. The molecule has 1 saturated carbocycles. The maximum absolute atomic E-state index is 3.29. The summed E-state index contributed by atoms with van der Waals surface area (Å²) < 4.78 is 0. The van der Waals surface area contributed by atoms with Crippen LogP contribution in [0.15, 0.2) is 11.6 Å². The highest BCUT2D eigenvalue weighted by Gasteiger charge is 2.26. The molecule has 0 amide bonds. The van der Waals surface area contributed by atoms with E-state index in [0.29, 0.717) is 10.8 Å². The molecule has 1 nitrogen and oxygen atoms in total. The van der Waals surface area contributed by atoms with E-state index in [1.54, 1.807) is 5.57 Å². The second kappa shape index (κ2) is 12.2. The SMILES string of the molecule is CC.CC.CC(C)(C)C1=CCNC1.CC(C)(C)C1CCCC1. The van der Waals surface area contributed by atoms with Crippen LogP contribution in [0.2, 0.25) is 0 Å². The summed E-state index contributed by atoms with van der Waals surface area (Å²) in [5.74, 6) is 1.01. The zero-order valence-electron chi connectivity index (χ0n) is 17.4. The Labute approximate surface area is 142 Å². The zero-order valence-corrected chi connectivity index (χ0v) is 17.4. The summed E-state index contributed by atoms with van der Waals surface area (Å²) in [4.78, 5) is 0. The van der Waals surface area contributed by atoms with E-state index in [2.05, 4.69) is 52.9 Å². The normalized spacial score (nSPS) is 18.2. The van der Waals surface area contributed by atoms with Crippen molar-refractivity contribution >= 4 is 0 Å². The minimum absolute atomic E-state index is 0.378. The van der Waals surface area contributed by atoms with Crippen LogP contribution in [0.3, 0.4) is 0 Å². The lowest BCUT2D eigenvalue weighted by molar-refractivity contribution is 0.246. The van der Waals surface area contributed by atoms with Gasteiger partial charge in [0.15, 0.2) is 0 Å². The second-order valence-electron chi connectivity index (χ2n) is 7.96. The minimum atomic E-state index is 0.378. The number of rotatable bonds is 0. The van der Waals surface area contributed by atoms with E-state index in [4.69, 9.17) is 0 Å². The first-order valence-electron chi connectivity index (χ1n) is 9.61. The van der Waals surface area contributed by atoms with Gasteiger partial charge in [0, 0.05) is 13.1 Å². The van der Waals surface area contributed by atoms with Gasteiger partial charge in [0.2, 0.25) is 0 Å². The molecule has 0 atom stereocenters. The largest absolute Gasteiger partial charge is 0.310 e. The highest BCUT2D eigenvalue weighted by Crippen LogP contribution is 2.38. The Bertz CT molecular complexity index is 269. The smallest absolute Gasteiger partial charge is 0.0173 e. The van der Waals surface area contributed by atoms with E-state index in [0.717, 1.165) is 19.0 Å². The van der Waals surface area contributed by atoms with Crippen LogP contribution in [0, 0.1) is 16.7 Å². The quantitative estimate of drug-likeness (QED) is 0.483. The number of hydrogen-bond donors (Lipinski definition) is 1. The molecule has 0 aromatic carbocycles. The average Bonchev–Trinajstić information content (AvgIpc) is 3.16. The standard InChI is InChI=1S/C9H18.C8H15N.2C2H6/c1-9(2,3)8-6-4-5-7-8;1-8(2,3)7-4-5-9-6-7;2*1-2/h8H,4-7H2,1-3H3;4,9H,5-6H2,1-3H3;2*1-2H3. The summed E-state index contributed by atoms with van der Waals surface area (Å²) in [6.07, 6.45) is 8.19. The van der Waals surface area contributed by atoms with Crippen molar-refractivity contribution in [1.82, 2.24) is 5.32 Å². The van der Waals surface area contributed by atoms with Gasteiger partial charge in [-0.1, -0.05) is 93.7 Å². The first-order chi connectivity index (χ1) is 10.2. The lowest BCUT2D eigenvalue weighted by Crippen LogP contribution is -2.16. The van der Waals surface area contributed by atoms with Crippen LogP contribution in [0.25, 0.3) is 0 Å². The van der Waals surface area contributed by atoms with Crippen LogP contribution in [-0.2, 0) is 0 Å². The third kappa shape index (κ3) is 10.4. The van der Waals surface area contributed by atoms with E-state index in [-0.39, 0.29) is 0 Å². The second-order valence-corrected chi connectivity index (χ2v) is 7.96. The summed E-state index contributed by atoms with van der Waals surface area (Å²) in [5, 5.41) is 3.29. The first-order valence-corrected chi connectivity index (χ1v) is 9.61. The van der Waals surface area contributed by atoms with Gasteiger partial charge in [-0.3, -0.25) is 0 Å². The molecule has 0 radical (unpaired) electrons. The number of nitrogens with one attached hydrogen (secondary N) is 1. The Morgan fingerprint density at radius 2 is 1.32 bits per heavy atom. The molecule has 1 aliphatic carbocycles. The van der Waals surface area contributed by atoms with Gasteiger partial charge in [0.1, 0.15) is 0 Å². The third-order valence-electron chi connectivity index (χ3n) is 4.35. The molecule has 0 aromatic rings. The summed E-state index contributed by atoms with van der Waals surface area (Å²) in [6, 6.07) is 0. The Balaban J connectivity index is 0. The monoisotopic (exact) mass is 311 g/mol. The third-order valence-corrected chi connectivity index (χ3v) is 4.35. The molecular formula is C21H45N. The fourth-order valence-electron chi connectivity index (χ4n) is 2.84. The molecule has 0 aromatic heterocycles. The summed E-state index contributed by atoms with van der Waals surface area (Å²) >= 11 is 0. The molecule has 0 bridgehead atoms. The topological polar surface area (TPSA) is 12.0 Å². The molecule has 1 heterocycles. The van der Waals surface area contributed by atoms with Crippen LogP contribution in [0.1, 0.15) is 94.9 Å². The van der Waals surface area contributed by atoms with E-state index in [1.807, 2.05) is 27.7 Å². The number of hydrogen-bond acceptors (Lipinski definition) is 1. The van der Waals surface area contributed by atoms with Crippen LogP contribution in [0.5, 0.6) is 0 Å². The van der Waals surface area contributed by atoms with Gasteiger partial charge in [-0.05, 0) is 29.6 Å². The first kappa shape index (κ1) is 24.0. The fraction of sp³-hybridized carbons (Fsp3) is 0.905. The van der Waals surface area contributed by atoms with Gasteiger partial charge in [-0.15, -0.1) is 0 Å². The van der Waals surface area contributed by atoms with Gasteiger partial charge in [0.05, 0.1) is 0 Å². The summed E-state index contributed by atoms with van der Waals surface area (Å²) in [5.41, 5.74) is 2.50. The van der Waals surface area contributed by atoms with Crippen LogP contribution in [-0.4, -0.2) is 13.1 Å². The van der Waals surface area contributed by atoms with Crippen molar-refractivity contribution < 1.29 is 0 Å². The van der Waals surface area contributed by atoms with Gasteiger partial charge >= 0.3 is 0 Å². The molecule has 22 heavy (non-hydrogen) atoms. The van der Waals surface area contributed by atoms with E-state index in [9.17, 15) is 0 Å². The molecule has 0 unspecified atom stereocenters. The van der Waals surface area contributed by atoms with Crippen molar-refractivity contribution in [3.05, 3.63) is 11.6 Å². The molecule has 1 aliphatic heterocycles. The molecule has 2 rings (SSSR count). The van der Waals surface area contributed by atoms with Crippen LogP contribution in [0.4, 0.5) is 0 Å². The molecular weight excluding hydrogens is 266 g/mol. The Morgan fingerprint density at radius 3 is 1.50 bits per heavy atom. The summed E-state index contributed by atoms with van der Waals surface area (Å²) in [7, 11) is 0. The maximum Gasteiger partial charge on any atom is 0.0173 e. The van der Waals surface area contributed by atoms with E-state index >= 15 is 0 Å². The molecule has 1 N–H and O–H groups in total. The van der Waals surface area contributed by atoms with E-state index in [1.165, 1.54) is 25.7 Å². The predicted octanol–water partition coefficient (Wildman–Crippen LogP) is 6.84. The Hall–Kier alpha value is -0.300. The minimum Gasteiger partial charge on any atom is -0.310 e. The van der Waals surface area contributed by atoms with Gasteiger partial charge in [-0.2, -0.15) is 0 Å². The predicted molar refractivity (Wildman–Crippen MR) is 105 cm³/mol. The highest BCUT2D eigenvalue weighted by atomic mass is 14.9. The van der Waals surface area contributed by atoms with Crippen molar-refractivity contribution in [3.63, 3.8) is 0 Å². The van der Waals surface area contributed by atoms with Crippen molar-refractivity contribution in [1.29, 1.82) is 0 Å². The van der Waals surface area contributed by atoms with Crippen LogP contribution < -0.4 is 5.32 Å². The van der Waals surface area contributed by atoms with Gasteiger partial charge in [-0.25, -0.2) is 0 Å². The zero-order chi connectivity index (χ0) is 17.8. The van der Waals surface area contributed by atoms with Crippen LogP contribution >= 0.6 is 0 Å². The van der Waals surface area contributed by atoms with Gasteiger partial charge < -0.3 is 5.32 Å². The average molecular weight is 312 g/mol. The van der Waals surface area contributed by atoms with Crippen molar-refractivity contribution in [3.8, 4) is 0 Å². The summed E-state index contributed by atoms with van der Waals surface area (Å²) in [6.45, 7) is 24.0. The molecule has 0 saturated heterocycles. The maximum atomic E-state index is 3.29. The molecule has 1 heteroatoms. The van der Waals surface area contributed by atoms with E-state index < -0.39 is 0 Å².